The van der Waals surface area contributed by atoms with E-state index in [9.17, 15) is 18.3 Å². The summed E-state index contributed by atoms with van der Waals surface area (Å²) in [5, 5.41) is 13.5. The molecular formula is C15H25F3N2O. The van der Waals surface area contributed by atoms with Gasteiger partial charge >= 0.3 is 6.18 Å². The number of rotatable bonds is 6. The van der Waals surface area contributed by atoms with Crippen LogP contribution < -0.4 is 5.32 Å². The van der Waals surface area contributed by atoms with Gasteiger partial charge in [0.2, 0.25) is 0 Å². The van der Waals surface area contributed by atoms with Crippen LogP contribution in [-0.2, 0) is 0 Å². The topological polar surface area (TPSA) is 35.5 Å². The Morgan fingerprint density at radius 2 is 1.57 bits per heavy atom. The molecule has 0 spiro atoms. The first-order valence-corrected chi connectivity index (χ1v) is 8.10. The SMILES string of the molecule is OCC(CN1CCC(C(F)(F)F)CC1)(NC1CC1)C1CC1. The van der Waals surface area contributed by atoms with Crippen LogP contribution >= 0.6 is 0 Å². The third-order valence-corrected chi connectivity index (χ3v) is 5.27. The number of aliphatic hydroxyl groups excluding tert-OH is 1. The van der Waals surface area contributed by atoms with Crippen LogP contribution in [0.2, 0.25) is 0 Å². The molecule has 3 fully saturated rings. The van der Waals surface area contributed by atoms with Crippen molar-refractivity contribution in [3.05, 3.63) is 0 Å². The van der Waals surface area contributed by atoms with Crippen LogP contribution in [0.3, 0.4) is 0 Å². The fraction of sp³-hybridized carbons (Fsp3) is 1.00. The van der Waals surface area contributed by atoms with E-state index in [1.807, 2.05) is 0 Å². The first-order valence-electron chi connectivity index (χ1n) is 8.10. The van der Waals surface area contributed by atoms with Crippen LogP contribution in [0, 0.1) is 11.8 Å². The lowest BCUT2D eigenvalue weighted by molar-refractivity contribution is -0.185. The van der Waals surface area contributed by atoms with Gasteiger partial charge in [0.1, 0.15) is 0 Å². The van der Waals surface area contributed by atoms with Gasteiger partial charge in [0, 0.05) is 12.6 Å². The zero-order valence-corrected chi connectivity index (χ0v) is 12.3. The van der Waals surface area contributed by atoms with Gasteiger partial charge in [-0.3, -0.25) is 0 Å². The van der Waals surface area contributed by atoms with E-state index in [1.165, 1.54) is 0 Å². The molecule has 0 aromatic carbocycles. The van der Waals surface area contributed by atoms with E-state index in [2.05, 4.69) is 10.2 Å². The van der Waals surface area contributed by atoms with Gasteiger partial charge in [-0.05, 0) is 57.5 Å². The first-order chi connectivity index (χ1) is 9.93. The maximum Gasteiger partial charge on any atom is 0.391 e. The molecule has 1 atom stereocenters. The molecule has 2 saturated carbocycles. The summed E-state index contributed by atoms with van der Waals surface area (Å²) in [6.07, 6.45) is 0.898. The van der Waals surface area contributed by atoms with E-state index in [0.29, 0.717) is 31.6 Å². The van der Waals surface area contributed by atoms with Gasteiger partial charge in [-0.15, -0.1) is 0 Å². The molecule has 1 heterocycles. The van der Waals surface area contributed by atoms with E-state index in [-0.39, 0.29) is 25.0 Å². The van der Waals surface area contributed by atoms with Crippen molar-refractivity contribution in [3.8, 4) is 0 Å². The summed E-state index contributed by atoms with van der Waals surface area (Å²) in [7, 11) is 0. The lowest BCUT2D eigenvalue weighted by atomic mass is 9.90. The summed E-state index contributed by atoms with van der Waals surface area (Å²) in [5.41, 5.74) is -0.285. The molecule has 0 radical (unpaired) electrons. The van der Waals surface area contributed by atoms with Crippen molar-refractivity contribution in [1.29, 1.82) is 0 Å². The average Bonchev–Trinajstić information content (AvgIpc) is 3.30. The molecule has 0 aromatic rings. The molecule has 0 amide bonds. The van der Waals surface area contributed by atoms with Crippen molar-refractivity contribution in [2.75, 3.05) is 26.2 Å². The van der Waals surface area contributed by atoms with Crippen molar-refractivity contribution in [2.45, 2.75) is 56.3 Å². The number of nitrogens with one attached hydrogen (secondary N) is 1. The smallest absolute Gasteiger partial charge is 0.391 e. The van der Waals surface area contributed by atoms with E-state index >= 15 is 0 Å². The second-order valence-electron chi connectivity index (χ2n) is 7.10. The molecule has 1 aliphatic heterocycles. The van der Waals surface area contributed by atoms with E-state index < -0.39 is 12.1 Å². The first kappa shape index (κ1) is 15.6. The molecule has 1 saturated heterocycles. The molecule has 0 bridgehead atoms. The van der Waals surface area contributed by atoms with Gasteiger partial charge in [-0.1, -0.05) is 0 Å². The van der Waals surface area contributed by atoms with E-state index in [1.54, 1.807) is 0 Å². The molecular weight excluding hydrogens is 281 g/mol. The summed E-state index contributed by atoms with van der Waals surface area (Å²) in [4.78, 5) is 2.12. The van der Waals surface area contributed by atoms with Crippen LogP contribution in [0.25, 0.3) is 0 Å². The van der Waals surface area contributed by atoms with Crippen LogP contribution in [0.15, 0.2) is 0 Å². The highest BCUT2D eigenvalue weighted by Crippen LogP contribution is 2.42. The molecule has 21 heavy (non-hydrogen) atoms. The zero-order valence-electron chi connectivity index (χ0n) is 12.3. The highest BCUT2D eigenvalue weighted by atomic mass is 19.4. The van der Waals surface area contributed by atoms with Crippen LogP contribution in [-0.4, -0.2) is 54.0 Å². The maximum absolute atomic E-state index is 12.7. The molecule has 1 unspecified atom stereocenters. The fourth-order valence-electron chi connectivity index (χ4n) is 3.60. The number of piperidine rings is 1. The van der Waals surface area contributed by atoms with Gasteiger partial charge in [0.05, 0.1) is 18.1 Å². The van der Waals surface area contributed by atoms with Crippen LogP contribution in [0.1, 0.15) is 38.5 Å². The van der Waals surface area contributed by atoms with Gasteiger partial charge in [-0.2, -0.15) is 13.2 Å². The fourth-order valence-corrected chi connectivity index (χ4v) is 3.60. The van der Waals surface area contributed by atoms with Gasteiger partial charge in [-0.25, -0.2) is 0 Å². The van der Waals surface area contributed by atoms with Crippen molar-refractivity contribution in [2.24, 2.45) is 11.8 Å². The molecule has 0 aromatic heterocycles. The van der Waals surface area contributed by atoms with Crippen molar-refractivity contribution in [3.63, 3.8) is 0 Å². The summed E-state index contributed by atoms with van der Waals surface area (Å²) in [5.74, 6) is -0.655. The molecule has 3 rings (SSSR count). The van der Waals surface area contributed by atoms with Crippen molar-refractivity contribution >= 4 is 0 Å². The maximum atomic E-state index is 12.7. The summed E-state index contributed by atoms with van der Waals surface area (Å²) in [6, 6.07) is 0.505. The quantitative estimate of drug-likeness (QED) is 0.789. The number of hydrogen-bond donors (Lipinski definition) is 2. The third kappa shape index (κ3) is 3.71. The van der Waals surface area contributed by atoms with Gasteiger partial charge < -0.3 is 15.3 Å². The lowest BCUT2D eigenvalue weighted by Crippen LogP contribution is -2.59. The number of likely N-dealkylation sites (tertiary alicyclic amines) is 1. The van der Waals surface area contributed by atoms with Crippen LogP contribution in [0.5, 0.6) is 0 Å². The Morgan fingerprint density at radius 3 is 2.00 bits per heavy atom. The molecule has 2 N–H and O–H groups in total. The minimum atomic E-state index is -4.05. The minimum Gasteiger partial charge on any atom is -0.394 e. The highest BCUT2D eigenvalue weighted by Gasteiger charge is 2.49. The number of halogens is 3. The Labute approximate surface area is 123 Å². The molecule has 2 aliphatic carbocycles. The normalized spacial score (nSPS) is 28.6. The molecule has 122 valence electrons. The van der Waals surface area contributed by atoms with Gasteiger partial charge in [0.25, 0.3) is 0 Å². The summed E-state index contributed by atoms with van der Waals surface area (Å²) >= 11 is 0. The molecule has 6 heteroatoms. The monoisotopic (exact) mass is 306 g/mol. The number of hydrogen-bond acceptors (Lipinski definition) is 3. The largest absolute Gasteiger partial charge is 0.394 e. The predicted molar refractivity (Wildman–Crippen MR) is 73.9 cm³/mol. The Kier molecular flexibility index (Phi) is 4.23. The van der Waals surface area contributed by atoms with E-state index in [0.717, 1.165) is 25.7 Å². The second-order valence-corrected chi connectivity index (χ2v) is 7.10. The summed E-state index contributed by atoms with van der Waals surface area (Å²) < 4.78 is 38.2. The van der Waals surface area contributed by atoms with Crippen LogP contribution in [0.4, 0.5) is 13.2 Å². The molecule has 3 nitrogen and oxygen atoms in total. The standard InChI is InChI=1S/C15H25F3N2O/c16-15(17,18)12-5-7-20(8-6-12)9-14(10-21,11-1-2-11)19-13-3-4-13/h11-13,19,21H,1-10H2. The average molecular weight is 306 g/mol. The lowest BCUT2D eigenvalue weighted by Gasteiger charge is -2.41. The van der Waals surface area contributed by atoms with Crippen molar-refractivity contribution < 1.29 is 18.3 Å². The third-order valence-electron chi connectivity index (χ3n) is 5.27. The zero-order chi connectivity index (χ0) is 15.1. The second kappa shape index (κ2) is 5.70. The highest BCUT2D eigenvalue weighted by molar-refractivity contribution is 5.06. The van der Waals surface area contributed by atoms with E-state index in [4.69, 9.17) is 0 Å². The van der Waals surface area contributed by atoms with Gasteiger partial charge in [0.15, 0.2) is 0 Å². The number of nitrogens with zero attached hydrogens (tertiary/aromatic N) is 1. The Balaban J connectivity index is 1.56. The number of alkyl halides is 3. The Hall–Kier alpha value is -0.330. The Morgan fingerprint density at radius 1 is 0.952 bits per heavy atom. The predicted octanol–water partition coefficient (Wildman–Crippen LogP) is 2.15. The minimum absolute atomic E-state index is 0.0906. The summed E-state index contributed by atoms with van der Waals surface area (Å²) in [6.45, 7) is 1.76. The molecule has 3 aliphatic rings. The Bertz CT molecular complexity index is 360. The van der Waals surface area contributed by atoms with Crippen molar-refractivity contribution in [1.82, 2.24) is 10.2 Å². The number of aliphatic hydroxyl groups is 1.